The molecule has 0 N–H and O–H groups in total. The molecule has 2 aliphatic carbocycles. The van der Waals surface area contributed by atoms with Gasteiger partial charge in [0.05, 0.1) is 5.02 Å². The van der Waals surface area contributed by atoms with Crippen LogP contribution < -0.4 is 0 Å². The summed E-state index contributed by atoms with van der Waals surface area (Å²) in [5, 5.41) is 0.234. The number of benzene rings is 1. The van der Waals surface area contributed by atoms with E-state index in [9.17, 15) is 4.39 Å². The Bertz CT molecular complexity index is 592. The van der Waals surface area contributed by atoms with E-state index in [4.69, 9.17) is 11.6 Å². The lowest BCUT2D eigenvalue weighted by Crippen LogP contribution is -2.14. The molecule has 1 aromatic carbocycles. The van der Waals surface area contributed by atoms with Crippen molar-refractivity contribution < 1.29 is 4.39 Å². The molecule has 0 unspecified atom stereocenters. The minimum absolute atomic E-state index is 0.234. The zero-order chi connectivity index (χ0) is 19.1. The van der Waals surface area contributed by atoms with Gasteiger partial charge in [0, 0.05) is 0 Å². The van der Waals surface area contributed by atoms with Gasteiger partial charge in [-0.15, -0.1) is 0 Å². The first-order chi connectivity index (χ1) is 13.2. The minimum atomic E-state index is -0.273. The fraction of sp³-hybridized carbons (Fsp3) is 0.680. The lowest BCUT2D eigenvalue weighted by atomic mass is 9.77. The third kappa shape index (κ3) is 6.34. The average molecular weight is 391 g/mol. The van der Waals surface area contributed by atoms with E-state index in [0.29, 0.717) is 5.92 Å². The summed E-state index contributed by atoms with van der Waals surface area (Å²) in [7, 11) is 0. The third-order valence-electron chi connectivity index (χ3n) is 7.00. The monoisotopic (exact) mass is 390 g/mol. The molecule has 0 atom stereocenters. The molecule has 0 aromatic heterocycles. The van der Waals surface area contributed by atoms with Crippen LogP contribution in [0, 0.1) is 23.6 Å². The quantitative estimate of drug-likeness (QED) is 0.408. The maximum Gasteiger partial charge on any atom is 0.142 e. The molecule has 0 bridgehead atoms. The molecule has 0 heterocycles. The molecule has 2 saturated carbocycles. The van der Waals surface area contributed by atoms with Gasteiger partial charge in [-0.05, 0) is 106 Å². The summed E-state index contributed by atoms with van der Waals surface area (Å²) < 4.78 is 13.7. The second-order valence-electron chi connectivity index (χ2n) is 8.97. The Morgan fingerprint density at radius 1 is 0.963 bits per heavy atom. The second-order valence-corrected chi connectivity index (χ2v) is 9.37. The second kappa shape index (κ2) is 10.6. The van der Waals surface area contributed by atoms with Crippen LogP contribution in [-0.4, -0.2) is 0 Å². The van der Waals surface area contributed by atoms with E-state index in [1.54, 1.807) is 12.1 Å². The Kier molecular flexibility index (Phi) is 8.24. The van der Waals surface area contributed by atoms with Gasteiger partial charge in [0.1, 0.15) is 5.82 Å². The van der Waals surface area contributed by atoms with Crippen LogP contribution in [0.5, 0.6) is 0 Å². The Morgan fingerprint density at radius 3 is 2.30 bits per heavy atom. The Morgan fingerprint density at radius 2 is 1.63 bits per heavy atom. The predicted octanol–water partition coefficient (Wildman–Crippen LogP) is 8.70. The van der Waals surface area contributed by atoms with E-state index in [2.05, 4.69) is 19.1 Å². The van der Waals surface area contributed by atoms with Gasteiger partial charge in [0.15, 0.2) is 0 Å². The molecule has 2 aliphatic rings. The molecule has 3 rings (SSSR count). The lowest BCUT2D eigenvalue weighted by molar-refractivity contribution is 0.293. The molecule has 2 fully saturated rings. The molecular weight excluding hydrogens is 355 g/mol. The first-order valence-electron chi connectivity index (χ1n) is 11.3. The van der Waals surface area contributed by atoms with E-state index < -0.39 is 0 Å². The van der Waals surface area contributed by atoms with Gasteiger partial charge >= 0.3 is 0 Å². The van der Waals surface area contributed by atoms with Crippen LogP contribution in [0.3, 0.4) is 0 Å². The van der Waals surface area contributed by atoms with Gasteiger partial charge in [-0.2, -0.15) is 0 Å². The number of halogens is 2. The van der Waals surface area contributed by atoms with Crippen molar-refractivity contribution in [2.24, 2.45) is 17.8 Å². The fourth-order valence-electron chi connectivity index (χ4n) is 5.25. The van der Waals surface area contributed by atoms with Gasteiger partial charge in [-0.25, -0.2) is 4.39 Å². The summed E-state index contributed by atoms with van der Waals surface area (Å²) in [5.74, 6) is 2.94. The number of hydrogen-bond donors (Lipinski definition) is 0. The van der Waals surface area contributed by atoms with Crippen molar-refractivity contribution in [3.63, 3.8) is 0 Å². The van der Waals surface area contributed by atoms with Crippen molar-refractivity contribution in [2.75, 3.05) is 0 Å². The first-order valence-corrected chi connectivity index (χ1v) is 11.6. The molecule has 0 nitrogen and oxygen atoms in total. The average Bonchev–Trinajstić information content (AvgIpc) is 2.69. The van der Waals surface area contributed by atoms with Crippen LogP contribution in [0.15, 0.2) is 30.4 Å². The van der Waals surface area contributed by atoms with Crippen molar-refractivity contribution in [3.05, 3.63) is 46.8 Å². The zero-order valence-corrected chi connectivity index (χ0v) is 17.7. The van der Waals surface area contributed by atoms with Gasteiger partial charge in [-0.3, -0.25) is 0 Å². The first kappa shape index (κ1) is 20.9. The number of rotatable bonds is 7. The molecule has 0 radical (unpaired) electrons. The SMILES string of the molecule is CCCC1CCC(/C=C/CCC2CCC(c3ccc(Cl)c(F)c3)CC2)CC1. The Balaban J connectivity index is 1.33. The highest BCUT2D eigenvalue weighted by Crippen LogP contribution is 2.38. The van der Waals surface area contributed by atoms with E-state index >= 15 is 0 Å². The molecule has 0 aliphatic heterocycles. The third-order valence-corrected chi connectivity index (χ3v) is 7.31. The smallest absolute Gasteiger partial charge is 0.142 e. The highest BCUT2D eigenvalue weighted by molar-refractivity contribution is 6.30. The van der Waals surface area contributed by atoms with Crippen molar-refractivity contribution in [3.8, 4) is 0 Å². The molecule has 0 saturated heterocycles. The summed E-state index contributed by atoms with van der Waals surface area (Å²) in [6.07, 6.45) is 21.0. The maximum atomic E-state index is 13.7. The molecular formula is C25H36ClF. The van der Waals surface area contributed by atoms with Crippen LogP contribution in [0.4, 0.5) is 4.39 Å². The van der Waals surface area contributed by atoms with Crippen LogP contribution in [0.1, 0.15) is 95.5 Å². The maximum absolute atomic E-state index is 13.7. The number of allylic oxidation sites excluding steroid dienone is 2. The summed E-state index contributed by atoms with van der Waals surface area (Å²) in [6, 6.07) is 5.36. The fourth-order valence-corrected chi connectivity index (χ4v) is 5.37. The molecule has 150 valence electrons. The molecule has 2 heteroatoms. The Hall–Kier alpha value is -0.820. The van der Waals surface area contributed by atoms with Crippen molar-refractivity contribution in [1.29, 1.82) is 0 Å². The number of hydrogen-bond acceptors (Lipinski definition) is 0. The summed E-state index contributed by atoms with van der Waals surface area (Å²) in [6.45, 7) is 2.31. The Labute approximate surface area is 170 Å². The summed E-state index contributed by atoms with van der Waals surface area (Å²) in [4.78, 5) is 0. The van der Waals surface area contributed by atoms with Gasteiger partial charge in [0.2, 0.25) is 0 Å². The zero-order valence-electron chi connectivity index (χ0n) is 16.9. The summed E-state index contributed by atoms with van der Waals surface area (Å²) >= 11 is 5.81. The lowest BCUT2D eigenvalue weighted by Gasteiger charge is -2.29. The van der Waals surface area contributed by atoms with Crippen LogP contribution in [0.25, 0.3) is 0 Å². The molecule has 0 amide bonds. The molecule has 1 aromatic rings. The minimum Gasteiger partial charge on any atom is -0.205 e. The molecule has 0 spiro atoms. The van der Waals surface area contributed by atoms with E-state index in [0.717, 1.165) is 23.3 Å². The van der Waals surface area contributed by atoms with Gasteiger partial charge < -0.3 is 0 Å². The topological polar surface area (TPSA) is 0 Å². The van der Waals surface area contributed by atoms with Crippen LogP contribution in [0.2, 0.25) is 5.02 Å². The van der Waals surface area contributed by atoms with Crippen LogP contribution >= 0.6 is 11.6 Å². The largest absolute Gasteiger partial charge is 0.205 e. The standard InChI is InChI=1S/C25H36ClF/c1-2-5-19-8-10-20(11-9-19)6-3-4-7-21-12-14-22(15-13-21)23-16-17-24(26)25(27)18-23/h3,6,16-22H,2,4-5,7-15H2,1H3/b6-3+. The van der Waals surface area contributed by atoms with Gasteiger partial charge in [-0.1, -0.05) is 49.6 Å². The predicted molar refractivity (Wildman–Crippen MR) is 115 cm³/mol. The highest BCUT2D eigenvalue weighted by Gasteiger charge is 2.23. The molecule has 27 heavy (non-hydrogen) atoms. The van der Waals surface area contributed by atoms with E-state index in [1.807, 2.05) is 6.07 Å². The highest BCUT2D eigenvalue weighted by atomic mass is 35.5. The summed E-state index contributed by atoms with van der Waals surface area (Å²) in [5.41, 5.74) is 1.13. The normalized spacial score (nSPS) is 29.3. The van der Waals surface area contributed by atoms with E-state index in [1.165, 1.54) is 77.0 Å². The van der Waals surface area contributed by atoms with Crippen molar-refractivity contribution >= 4 is 11.6 Å². The van der Waals surface area contributed by atoms with E-state index in [-0.39, 0.29) is 10.8 Å². The van der Waals surface area contributed by atoms with Crippen molar-refractivity contribution in [1.82, 2.24) is 0 Å². The van der Waals surface area contributed by atoms with Gasteiger partial charge in [0.25, 0.3) is 0 Å². The van der Waals surface area contributed by atoms with Crippen LogP contribution in [-0.2, 0) is 0 Å². The van der Waals surface area contributed by atoms with Crippen molar-refractivity contribution in [2.45, 2.75) is 89.9 Å².